The molecule has 0 radical (unpaired) electrons. The number of rotatable bonds is 8. The zero-order valence-corrected chi connectivity index (χ0v) is 12.7. The Labute approximate surface area is 126 Å². The van der Waals surface area contributed by atoms with Crippen molar-refractivity contribution >= 4 is 0 Å². The Morgan fingerprint density at radius 1 is 0.905 bits per heavy atom. The van der Waals surface area contributed by atoms with E-state index in [4.69, 9.17) is 9.47 Å². The molecule has 0 spiro atoms. The number of ether oxygens (including phenoxy) is 2. The normalized spacial score (nSPS) is 11.9. The van der Waals surface area contributed by atoms with Gasteiger partial charge in [0.25, 0.3) is 0 Å². The van der Waals surface area contributed by atoms with Crippen LogP contribution in [0, 0.1) is 0 Å². The molecular weight excluding hydrogens is 262 g/mol. The van der Waals surface area contributed by atoms with Crippen molar-refractivity contribution in [1.29, 1.82) is 0 Å². The summed E-state index contributed by atoms with van der Waals surface area (Å²) in [6.45, 7) is 3.37. The molecule has 0 amide bonds. The molecular formula is C18H23NO2. The van der Waals surface area contributed by atoms with E-state index in [0.717, 1.165) is 17.9 Å². The third-order valence-corrected chi connectivity index (χ3v) is 3.36. The summed E-state index contributed by atoms with van der Waals surface area (Å²) < 4.78 is 11.2. The van der Waals surface area contributed by atoms with E-state index in [1.807, 2.05) is 56.4 Å². The Kier molecular flexibility index (Phi) is 6.10. The van der Waals surface area contributed by atoms with Crippen molar-refractivity contribution in [2.75, 3.05) is 20.3 Å². The van der Waals surface area contributed by atoms with Crippen LogP contribution >= 0.6 is 0 Å². The van der Waals surface area contributed by atoms with Gasteiger partial charge < -0.3 is 14.8 Å². The smallest absolute Gasteiger partial charge is 0.119 e. The lowest BCUT2D eigenvalue weighted by Gasteiger charge is -2.17. The number of para-hydroxylation sites is 1. The molecule has 1 N–H and O–H groups in total. The number of nitrogens with one attached hydrogen (secondary N) is 1. The monoisotopic (exact) mass is 285 g/mol. The van der Waals surface area contributed by atoms with Gasteiger partial charge in [-0.1, -0.05) is 30.3 Å². The summed E-state index contributed by atoms with van der Waals surface area (Å²) in [5, 5.41) is 3.34. The third kappa shape index (κ3) is 4.80. The van der Waals surface area contributed by atoms with E-state index in [9.17, 15) is 0 Å². The van der Waals surface area contributed by atoms with Gasteiger partial charge in [-0.15, -0.1) is 0 Å². The molecule has 1 unspecified atom stereocenters. The molecule has 3 heteroatoms. The second-order valence-electron chi connectivity index (χ2n) is 4.79. The summed E-state index contributed by atoms with van der Waals surface area (Å²) in [6, 6.07) is 18.4. The van der Waals surface area contributed by atoms with Crippen LogP contribution in [0.2, 0.25) is 0 Å². The number of hydrogen-bond donors (Lipinski definition) is 1. The van der Waals surface area contributed by atoms with Crippen LogP contribution in [0.5, 0.6) is 11.5 Å². The summed E-state index contributed by atoms with van der Waals surface area (Å²) in [5.74, 6) is 1.83. The molecule has 0 heterocycles. The highest BCUT2D eigenvalue weighted by atomic mass is 16.5. The SMILES string of the molecule is CCOc1ccc(C(CCOc2ccccc2)NC)cc1. The molecule has 2 aromatic rings. The molecule has 1 atom stereocenters. The zero-order valence-electron chi connectivity index (χ0n) is 12.7. The molecule has 0 aromatic heterocycles. The van der Waals surface area contributed by atoms with E-state index in [2.05, 4.69) is 17.4 Å². The minimum absolute atomic E-state index is 0.282. The van der Waals surface area contributed by atoms with Crippen molar-refractivity contribution in [2.24, 2.45) is 0 Å². The number of benzene rings is 2. The van der Waals surface area contributed by atoms with Crippen molar-refractivity contribution < 1.29 is 9.47 Å². The van der Waals surface area contributed by atoms with Crippen molar-refractivity contribution in [2.45, 2.75) is 19.4 Å². The van der Waals surface area contributed by atoms with E-state index < -0.39 is 0 Å². The molecule has 112 valence electrons. The molecule has 2 aromatic carbocycles. The molecule has 0 bridgehead atoms. The summed E-state index contributed by atoms with van der Waals surface area (Å²) in [7, 11) is 1.98. The predicted octanol–water partition coefficient (Wildman–Crippen LogP) is 3.81. The first-order valence-electron chi connectivity index (χ1n) is 7.41. The van der Waals surface area contributed by atoms with Gasteiger partial charge in [0, 0.05) is 12.5 Å². The van der Waals surface area contributed by atoms with Gasteiger partial charge in [-0.2, -0.15) is 0 Å². The molecule has 21 heavy (non-hydrogen) atoms. The van der Waals surface area contributed by atoms with Crippen LogP contribution in [0.15, 0.2) is 54.6 Å². The fourth-order valence-electron chi connectivity index (χ4n) is 2.25. The lowest BCUT2D eigenvalue weighted by atomic mass is 10.0. The maximum atomic E-state index is 5.76. The van der Waals surface area contributed by atoms with Gasteiger partial charge in [0.2, 0.25) is 0 Å². The lowest BCUT2D eigenvalue weighted by molar-refractivity contribution is 0.290. The van der Waals surface area contributed by atoms with Gasteiger partial charge >= 0.3 is 0 Å². The largest absolute Gasteiger partial charge is 0.494 e. The summed E-state index contributed by atoms with van der Waals surface area (Å²) >= 11 is 0. The second kappa shape index (κ2) is 8.32. The average Bonchev–Trinajstić information content (AvgIpc) is 2.54. The summed E-state index contributed by atoms with van der Waals surface area (Å²) in [4.78, 5) is 0. The summed E-state index contributed by atoms with van der Waals surface area (Å²) in [6.07, 6.45) is 0.916. The molecule has 0 aliphatic heterocycles. The summed E-state index contributed by atoms with van der Waals surface area (Å²) in [5.41, 5.74) is 1.25. The molecule has 0 aliphatic rings. The topological polar surface area (TPSA) is 30.5 Å². The quantitative estimate of drug-likeness (QED) is 0.800. The highest BCUT2D eigenvalue weighted by Gasteiger charge is 2.09. The van der Waals surface area contributed by atoms with E-state index in [0.29, 0.717) is 13.2 Å². The Morgan fingerprint density at radius 2 is 1.57 bits per heavy atom. The number of hydrogen-bond acceptors (Lipinski definition) is 3. The molecule has 2 rings (SSSR count). The van der Waals surface area contributed by atoms with Gasteiger partial charge in [0.15, 0.2) is 0 Å². The van der Waals surface area contributed by atoms with E-state index in [1.165, 1.54) is 5.56 Å². The minimum atomic E-state index is 0.282. The Bertz CT molecular complexity index is 511. The predicted molar refractivity (Wildman–Crippen MR) is 86.0 cm³/mol. The first-order valence-corrected chi connectivity index (χ1v) is 7.41. The van der Waals surface area contributed by atoms with Crippen molar-refractivity contribution in [3.63, 3.8) is 0 Å². The second-order valence-corrected chi connectivity index (χ2v) is 4.79. The maximum Gasteiger partial charge on any atom is 0.119 e. The average molecular weight is 285 g/mol. The fourth-order valence-corrected chi connectivity index (χ4v) is 2.25. The van der Waals surface area contributed by atoms with Gasteiger partial charge in [-0.3, -0.25) is 0 Å². The van der Waals surface area contributed by atoms with Crippen LogP contribution in [-0.2, 0) is 0 Å². The van der Waals surface area contributed by atoms with Gasteiger partial charge in [0.05, 0.1) is 13.2 Å². The van der Waals surface area contributed by atoms with E-state index in [1.54, 1.807) is 0 Å². The Morgan fingerprint density at radius 3 is 2.19 bits per heavy atom. The molecule has 0 saturated heterocycles. The standard InChI is InChI=1S/C18H23NO2/c1-3-20-17-11-9-15(10-12-17)18(19-2)13-14-21-16-7-5-4-6-8-16/h4-12,18-19H,3,13-14H2,1-2H3. The lowest BCUT2D eigenvalue weighted by Crippen LogP contribution is -2.19. The van der Waals surface area contributed by atoms with Gasteiger partial charge in [0.1, 0.15) is 11.5 Å². The molecule has 3 nitrogen and oxygen atoms in total. The molecule has 0 saturated carbocycles. The Balaban J connectivity index is 1.87. The first-order chi connectivity index (χ1) is 10.3. The van der Waals surface area contributed by atoms with E-state index >= 15 is 0 Å². The van der Waals surface area contributed by atoms with Gasteiger partial charge in [-0.05, 0) is 43.8 Å². The molecule has 0 aliphatic carbocycles. The first kappa shape index (κ1) is 15.4. The third-order valence-electron chi connectivity index (χ3n) is 3.36. The van der Waals surface area contributed by atoms with E-state index in [-0.39, 0.29) is 6.04 Å². The minimum Gasteiger partial charge on any atom is -0.494 e. The highest BCUT2D eigenvalue weighted by Crippen LogP contribution is 2.20. The van der Waals surface area contributed by atoms with Crippen LogP contribution in [0.3, 0.4) is 0 Å². The maximum absolute atomic E-state index is 5.76. The Hall–Kier alpha value is -2.00. The van der Waals surface area contributed by atoms with Crippen LogP contribution in [0.1, 0.15) is 24.9 Å². The van der Waals surface area contributed by atoms with Crippen molar-refractivity contribution in [3.8, 4) is 11.5 Å². The van der Waals surface area contributed by atoms with Crippen LogP contribution in [-0.4, -0.2) is 20.3 Å². The van der Waals surface area contributed by atoms with Crippen LogP contribution < -0.4 is 14.8 Å². The molecule has 0 fully saturated rings. The van der Waals surface area contributed by atoms with Crippen molar-refractivity contribution in [3.05, 3.63) is 60.2 Å². The van der Waals surface area contributed by atoms with Crippen LogP contribution in [0.25, 0.3) is 0 Å². The highest BCUT2D eigenvalue weighted by molar-refractivity contribution is 5.29. The zero-order chi connectivity index (χ0) is 14.9. The van der Waals surface area contributed by atoms with Crippen LogP contribution in [0.4, 0.5) is 0 Å². The fraction of sp³-hybridized carbons (Fsp3) is 0.333. The van der Waals surface area contributed by atoms with Gasteiger partial charge in [-0.25, -0.2) is 0 Å². The van der Waals surface area contributed by atoms with Crippen molar-refractivity contribution in [1.82, 2.24) is 5.32 Å².